The van der Waals surface area contributed by atoms with Gasteiger partial charge in [0, 0.05) is 44.5 Å². The quantitative estimate of drug-likeness (QED) is 0.183. The molecule has 0 radical (unpaired) electrons. The van der Waals surface area contributed by atoms with Gasteiger partial charge in [-0.1, -0.05) is 140 Å². The highest BCUT2D eigenvalue weighted by atomic mass is 16.5. The van der Waals surface area contributed by atoms with Crippen LogP contribution >= 0.6 is 0 Å². The maximum atomic E-state index is 6.57. The Kier molecular flexibility index (Phi) is 7.07. The molecule has 2 aromatic heterocycles. The minimum absolute atomic E-state index is 0.628. The Labute approximate surface area is 301 Å². The molecule has 10 rings (SSSR count). The molecule has 0 spiro atoms. The zero-order valence-electron chi connectivity index (χ0n) is 28.0. The second-order valence-corrected chi connectivity index (χ2v) is 12.8. The third-order valence-corrected chi connectivity index (χ3v) is 9.65. The van der Waals surface area contributed by atoms with Gasteiger partial charge in [0.2, 0.25) is 0 Å². The van der Waals surface area contributed by atoms with Gasteiger partial charge in [0.05, 0.1) is 11.2 Å². The van der Waals surface area contributed by atoms with Crippen LogP contribution in [0.1, 0.15) is 0 Å². The number of ether oxygens (including phenoxy) is 1. The van der Waals surface area contributed by atoms with E-state index in [0.717, 1.165) is 67.3 Å². The van der Waals surface area contributed by atoms with Crippen LogP contribution < -0.4 is 4.74 Å². The van der Waals surface area contributed by atoms with E-state index in [-0.39, 0.29) is 0 Å². The number of fused-ring (bicyclic) bond motifs is 7. The maximum Gasteiger partial charge on any atom is 0.164 e. The van der Waals surface area contributed by atoms with Crippen LogP contribution in [0.2, 0.25) is 0 Å². The molecule has 244 valence electrons. The van der Waals surface area contributed by atoms with Crippen LogP contribution in [0.5, 0.6) is 11.5 Å². The maximum absolute atomic E-state index is 6.57. The molecular formula is C47H30N4O. The smallest absolute Gasteiger partial charge is 0.164 e. The number of aromatic nitrogens is 4. The van der Waals surface area contributed by atoms with Crippen LogP contribution in [0.4, 0.5) is 0 Å². The van der Waals surface area contributed by atoms with E-state index in [2.05, 4.69) is 114 Å². The molecule has 0 saturated carbocycles. The molecular weight excluding hydrogens is 637 g/mol. The standard InChI is InChI=1S/C47H30N4O/c1-3-15-31(16-4-1)45-48-46(32-17-5-2-6-18-32)50-47(49-45)35-21-13-19-33(29-35)34-20-14-22-36(30-34)51-40-26-10-7-23-37(40)43-38-24-8-11-27-41(38)52-42-28-12-9-25-39(42)44(43)51/h1-30H. The number of rotatable bonds is 5. The van der Waals surface area contributed by atoms with Crippen molar-refractivity contribution < 1.29 is 4.74 Å². The summed E-state index contributed by atoms with van der Waals surface area (Å²) in [5, 5.41) is 1.18. The topological polar surface area (TPSA) is 52.8 Å². The SMILES string of the molecule is c1ccc(-c2nc(-c3ccccc3)nc(-c3cccc(-c4cccc(-n5c6c(c7ccccc75)-c5ccccc5Oc5ccccc5-6)c4)c3)n2)cc1. The highest BCUT2D eigenvalue weighted by Crippen LogP contribution is 2.51. The molecule has 7 aromatic carbocycles. The van der Waals surface area contributed by atoms with E-state index in [0.29, 0.717) is 17.5 Å². The Morgan fingerprint density at radius 1 is 0.385 bits per heavy atom. The molecule has 0 fully saturated rings. The highest BCUT2D eigenvalue weighted by molar-refractivity contribution is 6.08. The Bertz CT molecular complexity index is 2710. The van der Waals surface area contributed by atoms with Crippen LogP contribution in [-0.4, -0.2) is 19.5 Å². The minimum Gasteiger partial charge on any atom is -0.456 e. The largest absolute Gasteiger partial charge is 0.456 e. The fourth-order valence-electron chi connectivity index (χ4n) is 7.27. The molecule has 1 aliphatic heterocycles. The molecule has 0 atom stereocenters. The number of nitrogens with zero attached hydrogens (tertiary/aromatic N) is 4. The van der Waals surface area contributed by atoms with Gasteiger partial charge in [0.15, 0.2) is 17.5 Å². The van der Waals surface area contributed by atoms with E-state index in [1.165, 1.54) is 10.9 Å². The van der Waals surface area contributed by atoms with Crippen molar-refractivity contribution in [1.82, 2.24) is 19.5 Å². The molecule has 0 aliphatic carbocycles. The van der Waals surface area contributed by atoms with E-state index in [1.807, 2.05) is 72.8 Å². The second kappa shape index (κ2) is 12.3. The summed E-state index contributed by atoms with van der Waals surface area (Å²) in [6.45, 7) is 0. The first-order valence-electron chi connectivity index (χ1n) is 17.4. The Balaban J connectivity index is 1.14. The summed E-state index contributed by atoms with van der Waals surface area (Å²) in [5.74, 6) is 3.60. The molecule has 0 N–H and O–H groups in total. The van der Waals surface area contributed by atoms with Crippen molar-refractivity contribution in [2.24, 2.45) is 0 Å². The summed E-state index contributed by atoms with van der Waals surface area (Å²) < 4.78 is 8.96. The zero-order valence-corrected chi connectivity index (χ0v) is 28.0. The summed E-state index contributed by atoms with van der Waals surface area (Å²) in [6, 6.07) is 62.7. The van der Waals surface area contributed by atoms with Gasteiger partial charge in [-0.15, -0.1) is 0 Å². The molecule has 5 heteroatoms. The van der Waals surface area contributed by atoms with Gasteiger partial charge >= 0.3 is 0 Å². The van der Waals surface area contributed by atoms with Crippen molar-refractivity contribution in [3.63, 3.8) is 0 Å². The summed E-state index contributed by atoms with van der Waals surface area (Å²) in [4.78, 5) is 14.9. The number of para-hydroxylation sites is 3. The molecule has 9 aromatic rings. The van der Waals surface area contributed by atoms with Crippen molar-refractivity contribution in [2.75, 3.05) is 0 Å². The van der Waals surface area contributed by atoms with Gasteiger partial charge in [0.25, 0.3) is 0 Å². The monoisotopic (exact) mass is 666 g/mol. The minimum atomic E-state index is 0.628. The van der Waals surface area contributed by atoms with E-state index < -0.39 is 0 Å². The number of hydrogen-bond donors (Lipinski definition) is 0. The normalized spacial score (nSPS) is 11.6. The van der Waals surface area contributed by atoms with Crippen molar-refractivity contribution in [2.45, 2.75) is 0 Å². The predicted octanol–water partition coefficient (Wildman–Crippen LogP) is 11.9. The average Bonchev–Trinajstić information content (AvgIpc) is 3.49. The van der Waals surface area contributed by atoms with Crippen molar-refractivity contribution in [1.29, 1.82) is 0 Å². The first-order valence-corrected chi connectivity index (χ1v) is 17.4. The fourth-order valence-corrected chi connectivity index (χ4v) is 7.27. The lowest BCUT2D eigenvalue weighted by atomic mass is 9.98. The predicted molar refractivity (Wildman–Crippen MR) is 209 cm³/mol. The summed E-state index contributed by atoms with van der Waals surface area (Å²) in [5.41, 5.74) is 11.6. The molecule has 0 unspecified atom stereocenters. The van der Waals surface area contributed by atoms with E-state index in [4.69, 9.17) is 19.7 Å². The Morgan fingerprint density at radius 2 is 0.885 bits per heavy atom. The van der Waals surface area contributed by atoms with Crippen LogP contribution in [0.15, 0.2) is 182 Å². The van der Waals surface area contributed by atoms with Gasteiger partial charge in [-0.2, -0.15) is 0 Å². The van der Waals surface area contributed by atoms with Gasteiger partial charge in [-0.25, -0.2) is 15.0 Å². The van der Waals surface area contributed by atoms with Gasteiger partial charge in [-0.3, -0.25) is 0 Å². The molecule has 52 heavy (non-hydrogen) atoms. The number of benzene rings is 7. The van der Waals surface area contributed by atoms with Crippen molar-refractivity contribution in [3.05, 3.63) is 182 Å². The molecule has 5 nitrogen and oxygen atoms in total. The van der Waals surface area contributed by atoms with Crippen molar-refractivity contribution in [3.8, 4) is 84.9 Å². The summed E-state index contributed by atoms with van der Waals surface area (Å²) in [7, 11) is 0. The first kappa shape index (κ1) is 29.8. The van der Waals surface area contributed by atoms with E-state index in [1.54, 1.807) is 0 Å². The van der Waals surface area contributed by atoms with Crippen molar-refractivity contribution >= 4 is 10.9 Å². The first-order chi connectivity index (χ1) is 25.8. The third-order valence-electron chi connectivity index (χ3n) is 9.65. The Morgan fingerprint density at radius 3 is 1.60 bits per heavy atom. The molecule has 0 amide bonds. The number of hydrogen-bond acceptors (Lipinski definition) is 4. The van der Waals surface area contributed by atoms with Gasteiger partial charge in [0.1, 0.15) is 11.5 Å². The lowest BCUT2D eigenvalue weighted by Crippen LogP contribution is -2.00. The van der Waals surface area contributed by atoms with Crippen LogP contribution in [0.25, 0.3) is 84.3 Å². The van der Waals surface area contributed by atoms with E-state index in [9.17, 15) is 0 Å². The average molecular weight is 667 g/mol. The van der Waals surface area contributed by atoms with Crippen LogP contribution in [-0.2, 0) is 0 Å². The summed E-state index contributed by atoms with van der Waals surface area (Å²) >= 11 is 0. The van der Waals surface area contributed by atoms with Crippen LogP contribution in [0.3, 0.4) is 0 Å². The lowest BCUT2D eigenvalue weighted by molar-refractivity contribution is 0.487. The highest BCUT2D eigenvalue weighted by Gasteiger charge is 2.28. The lowest BCUT2D eigenvalue weighted by Gasteiger charge is -2.15. The molecule has 3 heterocycles. The fraction of sp³-hybridized carbons (Fsp3) is 0. The summed E-state index contributed by atoms with van der Waals surface area (Å²) in [6.07, 6.45) is 0. The Hall–Kier alpha value is -7.11. The molecule has 0 bridgehead atoms. The van der Waals surface area contributed by atoms with E-state index >= 15 is 0 Å². The zero-order chi connectivity index (χ0) is 34.4. The molecule has 0 saturated heterocycles. The molecule has 1 aliphatic rings. The van der Waals surface area contributed by atoms with Gasteiger partial charge < -0.3 is 9.30 Å². The third kappa shape index (κ3) is 5.07. The van der Waals surface area contributed by atoms with Crippen LogP contribution in [0, 0.1) is 0 Å². The second-order valence-electron chi connectivity index (χ2n) is 12.8. The van der Waals surface area contributed by atoms with Gasteiger partial charge in [-0.05, 0) is 53.6 Å².